The quantitative estimate of drug-likeness (QED) is 0.611. The first kappa shape index (κ1) is 13.3. The third-order valence-corrected chi connectivity index (χ3v) is 4.16. The van der Waals surface area contributed by atoms with Crippen LogP contribution in [0.5, 0.6) is 0 Å². The minimum Gasteiger partial charge on any atom is -0.377 e. The maximum Gasteiger partial charge on any atom is 0.138 e. The molecule has 0 aromatic heterocycles. The summed E-state index contributed by atoms with van der Waals surface area (Å²) >= 11 is 5.61. The molecule has 0 unspecified atom stereocenters. The molecule has 0 N–H and O–H groups in total. The van der Waals surface area contributed by atoms with E-state index >= 15 is 0 Å². The molecule has 3 rings (SSSR count). The molecule has 2 aliphatic heterocycles. The second-order valence-corrected chi connectivity index (χ2v) is 5.66. The second kappa shape index (κ2) is 5.75. The molecule has 20 heavy (non-hydrogen) atoms. The molecule has 0 aliphatic carbocycles. The molecule has 1 fully saturated rings. The Balaban J connectivity index is 1.83. The zero-order chi connectivity index (χ0) is 13.9. The van der Waals surface area contributed by atoms with Gasteiger partial charge in [-0.05, 0) is 38.3 Å². The first-order valence-corrected chi connectivity index (χ1v) is 7.57. The summed E-state index contributed by atoms with van der Waals surface area (Å²) in [5.41, 5.74) is 3.12. The van der Waals surface area contributed by atoms with E-state index in [1.165, 1.54) is 19.3 Å². The van der Waals surface area contributed by atoms with Crippen LogP contribution < -0.4 is 5.01 Å². The molecule has 2 aliphatic rings. The zero-order valence-corrected chi connectivity index (χ0v) is 12.6. The van der Waals surface area contributed by atoms with E-state index in [4.69, 9.17) is 12.2 Å². The summed E-state index contributed by atoms with van der Waals surface area (Å²) in [6, 6.07) is 10.1. The Bertz CT molecular complexity index is 556. The number of para-hydroxylation sites is 1. The Morgan fingerprint density at radius 2 is 1.80 bits per heavy atom. The van der Waals surface area contributed by atoms with E-state index in [0.717, 1.165) is 35.1 Å². The molecule has 1 aromatic rings. The van der Waals surface area contributed by atoms with Crippen molar-refractivity contribution >= 4 is 28.6 Å². The van der Waals surface area contributed by atoms with Crippen LogP contribution in [0.25, 0.3) is 0 Å². The highest BCUT2D eigenvalue weighted by Gasteiger charge is 2.25. The molecule has 104 valence electrons. The van der Waals surface area contributed by atoms with Crippen LogP contribution in [0.2, 0.25) is 0 Å². The van der Waals surface area contributed by atoms with E-state index in [1.807, 2.05) is 42.3 Å². The number of likely N-dealkylation sites (tertiary alicyclic amines) is 1. The van der Waals surface area contributed by atoms with Crippen LogP contribution in [0, 0.1) is 0 Å². The van der Waals surface area contributed by atoms with Gasteiger partial charge >= 0.3 is 0 Å². The maximum absolute atomic E-state index is 5.61. The molecule has 4 heteroatoms. The fourth-order valence-corrected chi connectivity index (χ4v) is 2.99. The van der Waals surface area contributed by atoms with Gasteiger partial charge in [-0.15, -0.1) is 0 Å². The van der Waals surface area contributed by atoms with Gasteiger partial charge in [-0.2, -0.15) is 5.10 Å². The van der Waals surface area contributed by atoms with Crippen molar-refractivity contribution in [2.75, 3.05) is 18.1 Å². The van der Waals surface area contributed by atoms with Gasteiger partial charge in [0.2, 0.25) is 0 Å². The van der Waals surface area contributed by atoms with Gasteiger partial charge in [-0.3, -0.25) is 0 Å². The molecule has 1 aromatic carbocycles. The van der Waals surface area contributed by atoms with Gasteiger partial charge in [0, 0.05) is 19.3 Å². The molecular weight excluding hydrogens is 266 g/mol. The van der Waals surface area contributed by atoms with Crippen LogP contribution in [0.3, 0.4) is 0 Å². The van der Waals surface area contributed by atoms with Crippen molar-refractivity contribution in [3.63, 3.8) is 0 Å². The van der Waals surface area contributed by atoms with Crippen LogP contribution in [0.1, 0.15) is 26.2 Å². The summed E-state index contributed by atoms with van der Waals surface area (Å²) < 4.78 is 0. The van der Waals surface area contributed by atoms with E-state index in [9.17, 15) is 0 Å². The number of hydrazone groups is 1. The molecule has 2 heterocycles. The van der Waals surface area contributed by atoms with Crippen LogP contribution in [-0.2, 0) is 0 Å². The highest BCUT2D eigenvalue weighted by Crippen LogP contribution is 2.25. The number of hydrogen-bond donors (Lipinski definition) is 0. The van der Waals surface area contributed by atoms with Crippen molar-refractivity contribution in [3.8, 4) is 0 Å². The first-order chi connectivity index (χ1) is 9.75. The van der Waals surface area contributed by atoms with Crippen LogP contribution >= 0.6 is 12.2 Å². The van der Waals surface area contributed by atoms with Gasteiger partial charge in [-0.25, -0.2) is 5.01 Å². The third-order valence-electron chi connectivity index (χ3n) is 3.77. The Labute approximate surface area is 125 Å². The first-order valence-electron chi connectivity index (χ1n) is 7.16. The predicted molar refractivity (Wildman–Crippen MR) is 88.1 cm³/mol. The van der Waals surface area contributed by atoms with E-state index in [2.05, 4.69) is 16.2 Å². The van der Waals surface area contributed by atoms with Gasteiger partial charge in [0.05, 0.1) is 17.0 Å². The summed E-state index contributed by atoms with van der Waals surface area (Å²) in [6.45, 7) is 4.29. The molecular formula is C16H19N3S. The van der Waals surface area contributed by atoms with Crippen molar-refractivity contribution in [1.29, 1.82) is 0 Å². The lowest BCUT2D eigenvalue weighted by Gasteiger charge is -2.25. The maximum atomic E-state index is 5.61. The molecule has 0 amide bonds. The minimum atomic E-state index is 0.805. The lowest BCUT2D eigenvalue weighted by molar-refractivity contribution is 0.309. The average molecular weight is 285 g/mol. The lowest BCUT2D eigenvalue weighted by atomic mass is 10.1. The van der Waals surface area contributed by atoms with Gasteiger partial charge in [-0.1, -0.05) is 30.4 Å². The number of hydrogen-bond acceptors (Lipinski definition) is 3. The third kappa shape index (κ3) is 2.61. The predicted octanol–water partition coefficient (Wildman–Crippen LogP) is 3.58. The number of rotatable bonds is 2. The number of piperidine rings is 1. The molecule has 0 saturated carbocycles. The van der Waals surface area contributed by atoms with Crippen molar-refractivity contribution in [2.45, 2.75) is 26.2 Å². The fourth-order valence-electron chi connectivity index (χ4n) is 2.64. The zero-order valence-electron chi connectivity index (χ0n) is 11.7. The van der Waals surface area contributed by atoms with Gasteiger partial charge in [0.1, 0.15) is 4.99 Å². The molecule has 0 radical (unpaired) electrons. The van der Waals surface area contributed by atoms with Crippen molar-refractivity contribution < 1.29 is 0 Å². The van der Waals surface area contributed by atoms with Crippen LogP contribution in [0.15, 0.2) is 47.2 Å². The van der Waals surface area contributed by atoms with E-state index in [1.54, 1.807) is 0 Å². The molecule has 0 atom stereocenters. The molecule has 0 bridgehead atoms. The normalized spacial score (nSPS) is 21.6. The highest BCUT2D eigenvalue weighted by atomic mass is 32.1. The van der Waals surface area contributed by atoms with E-state index in [-0.39, 0.29) is 0 Å². The number of benzene rings is 1. The monoisotopic (exact) mass is 285 g/mol. The standard InChI is InChI=1S/C16H19N3S/c1-13-15(12-18-10-6-3-7-11-18)16(20)19(17-13)14-8-4-2-5-9-14/h2,4-5,8-9,12H,3,6-7,10-11H2,1H3. The van der Waals surface area contributed by atoms with E-state index < -0.39 is 0 Å². The Morgan fingerprint density at radius 3 is 2.50 bits per heavy atom. The van der Waals surface area contributed by atoms with Crippen molar-refractivity contribution in [2.24, 2.45) is 5.10 Å². The Hall–Kier alpha value is -1.68. The number of nitrogens with zero attached hydrogens (tertiary/aromatic N) is 3. The fraction of sp³-hybridized carbons (Fsp3) is 0.375. The largest absolute Gasteiger partial charge is 0.377 e. The second-order valence-electron chi connectivity index (χ2n) is 5.28. The molecule has 0 spiro atoms. The minimum absolute atomic E-state index is 0.805. The van der Waals surface area contributed by atoms with Gasteiger partial charge < -0.3 is 4.90 Å². The topological polar surface area (TPSA) is 18.8 Å². The van der Waals surface area contributed by atoms with E-state index in [0.29, 0.717) is 0 Å². The van der Waals surface area contributed by atoms with Crippen LogP contribution in [-0.4, -0.2) is 28.7 Å². The Kier molecular flexibility index (Phi) is 3.83. The highest BCUT2D eigenvalue weighted by molar-refractivity contribution is 7.81. The lowest BCUT2D eigenvalue weighted by Crippen LogP contribution is -2.27. The summed E-state index contributed by atoms with van der Waals surface area (Å²) in [4.78, 5) is 3.18. The molecule has 3 nitrogen and oxygen atoms in total. The number of thiocarbonyl (C=S) groups is 1. The summed E-state index contributed by atoms with van der Waals surface area (Å²) in [6.07, 6.45) is 6.08. The SMILES string of the molecule is CC1=NN(c2ccccc2)C(=S)C1=CN1CCCCC1. The van der Waals surface area contributed by atoms with Crippen molar-refractivity contribution in [1.82, 2.24) is 4.90 Å². The average Bonchev–Trinajstić information content (AvgIpc) is 2.77. The van der Waals surface area contributed by atoms with Gasteiger partial charge in [0.25, 0.3) is 0 Å². The smallest absolute Gasteiger partial charge is 0.138 e. The Morgan fingerprint density at radius 1 is 1.10 bits per heavy atom. The molecule has 1 saturated heterocycles. The summed E-state index contributed by atoms with van der Waals surface area (Å²) in [5, 5.41) is 6.46. The van der Waals surface area contributed by atoms with Gasteiger partial charge in [0.15, 0.2) is 0 Å². The number of anilines is 1. The summed E-state index contributed by atoms with van der Waals surface area (Å²) in [5.74, 6) is 0. The van der Waals surface area contributed by atoms with Crippen LogP contribution in [0.4, 0.5) is 5.69 Å². The van der Waals surface area contributed by atoms with Crippen molar-refractivity contribution in [3.05, 3.63) is 42.1 Å². The summed E-state index contributed by atoms with van der Waals surface area (Å²) in [7, 11) is 0.